The zero-order valence-electron chi connectivity index (χ0n) is 11.7. The van der Waals surface area contributed by atoms with Crippen LogP contribution in [0.2, 0.25) is 0 Å². The number of hydrogen-bond donors (Lipinski definition) is 4. The Kier molecular flexibility index (Phi) is 4.30. The van der Waals surface area contributed by atoms with Crippen LogP contribution in [0.4, 0.5) is 17.1 Å². The monoisotopic (exact) mass is 286 g/mol. The van der Waals surface area contributed by atoms with Crippen LogP contribution < -0.4 is 27.3 Å². The van der Waals surface area contributed by atoms with E-state index in [1.807, 2.05) is 0 Å². The normalized spacial score (nSPS) is 11.7. The van der Waals surface area contributed by atoms with Crippen molar-refractivity contribution in [3.63, 3.8) is 0 Å². The molecule has 7 N–H and O–H groups in total. The highest BCUT2D eigenvalue weighted by molar-refractivity contribution is 5.96. The highest BCUT2D eigenvalue weighted by Crippen LogP contribution is 2.23. The summed E-state index contributed by atoms with van der Waals surface area (Å²) >= 11 is 0. The van der Waals surface area contributed by atoms with Gasteiger partial charge in [0.1, 0.15) is 11.8 Å². The molecule has 0 aliphatic carbocycles. The molecule has 0 aliphatic rings. The van der Waals surface area contributed by atoms with Crippen molar-refractivity contribution in [2.24, 2.45) is 5.73 Å². The fourth-order valence-corrected chi connectivity index (χ4v) is 1.91. The minimum Gasteiger partial charge on any atom is -0.497 e. The van der Waals surface area contributed by atoms with Crippen LogP contribution in [0.15, 0.2) is 42.5 Å². The van der Waals surface area contributed by atoms with Gasteiger partial charge >= 0.3 is 0 Å². The van der Waals surface area contributed by atoms with Gasteiger partial charge in [-0.3, -0.25) is 4.79 Å². The van der Waals surface area contributed by atoms with Crippen molar-refractivity contribution < 1.29 is 9.53 Å². The van der Waals surface area contributed by atoms with E-state index in [2.05, 4.69) is 5.32 Å². The molecule has 2 rings (SSSR count). The number of anilines is 3. The second kappa shape index (κ2) is 6.15. The second-order valence-electron chi connectivity index (χ2n) is 4.58. The van der Waals surface area contributed by atoms with Gasteiger partial charge in [-0.05, 0) is 36.4 Å². The Balaban J connectivity index is 2.11. The van der Waals surface area contributed by atoms with Gasteiger partial charge in [-0.2, -0.15) is 0 Å². The predicted molar refractivity (Wildman–Crippen MR) is 83.8 cm³/mol. The molecule has 2 aromatic carbocycles. The van der Waals surface area contributed by atoms with E-state index in [1.165, 1.54) is 0 Å². The molecule has 0 fully saturated rings. The van der Waals surface area contributed by atoms with Crippen molar-refractivity contribution in [1.29, 1.82) is 0 Å². The molecular weight excluding hydrogens is 268 g/mol. The molecule has 0 bridgehead atoms. The maximum absolute atomic E-state index is 12.2. The van der Waals surface area contributed by atoms with E-state index >= 15 is 0 Å². The fourth-order valence-electron chi connectivity index (χ4n) is 1.91. The number of nitrogens with two attached hydrogens (primary N) is 3. The summed E-state index contributed by atoms with van der Waals surface area (Å²) in [5.74, 6) is 0.358. The lowest BCUT2D eigenvalue weighted by Gasteiger charge is -2.15. The first-order valence-electron chi connectivity index (χ1n) is 6.36. The molecule has 0 aliphatic heterocycles. The number of benzene rings is 2. The number of ether oxygens (including phenoxy) is 1. The molecule has 0 aromatic heterocycles. The molecule has 0 heterocycles. The Hall–Kier alpha value is -2.73. The smallest absolute Gasteiger partial charge is 0.245 e. The lowest BCUT2D eigenvalue weighted by molar-refractivity contribution is -0.117. The van der Waals surface area contributed by atoms with E-state index in [-0.39, 0.29) is 5.91 Å². The summed E-state index contributed by atoms with van der Waals surface area (Å²) in [5.41, 5.74) is 19.5. The Labute approximate surface area is 122 Å². The number of nitrogens with one attached hydrogen (secondary N) is 1. The van der Waals surface area contributed by atoms with Crippen molar-refractivity contribution in [2.75, 3.05) is 23.9 Å². The number of carbonyl (C=O) groups is 1. The van der Waals surface area contributed by atoms with Gasteiger partial charge in [0.05, 0.1) is 7.11 Å². The van der Waals surface area contributed by atoms with Crippen LogP contribution in [0.1, 0.15) is 11.6 Å². The molecule has 1 unspecified atom stereocenters. The van der Waals surface area contributed by atoms with Gasteiger partial charge in [-0.15, -0.1) is 0 Å². The van der Waals surface area contributed by atoms with Crippen LogP contribution in [0, 0.1) is 0 Å². The molecule has 21 heavy (non-hydrogen) atoms. The summed E-state index contributed by atoms with van der Waals surface area (Å²) in [6.07, 6.45) is 0. The molecule has 2 aromatic rings. The second-order valence-corrected chi connectivity index (χ2v) is 4.58. The molecule has 110 valence electrons. The summed E-state index contributed by atoms with van der Waals surface area (Å²) in [5, 5.41) is 2.73. The Bertz CT molecular complexity index is 641. The zero-order valence-corrected chi connectivity index (χ0v) is 11.7. The average Bonchev–Trinajstić information content (AvgIpc) is 2.47. The zero-order chi connectivity index (χ0) is 15.4. The van der Waals surface area contributed by atoms with E-state index in [0.29, 0.717) is 28.4 Å². The van der Waals surface area contributed by atoms with Crippen LogP contribution in [0.25, 0.3) is 0 Å². The lowest BCUT2D eigenvalue weighted by Crippen LogP contribution is -2.28. The van der Waals surface area contributed by atoms with E-state index < -0.39 is 6.04 Å². The standard InChI is InChI=1S/C15H18N4O2/c1-21-11-5-3-10(4-6-11)19-15(20)14(18)12-7-2-9(16)8-13(12)17/h2-8,14H,16-18H2,1H3,(H,19,20). The topological polar surface area (TPSA) is 116 Å². The third-order valence-corrected chi connectivity index (χ3v) is 3.09. The van der Waals surface area contributed by atoms with Gasteiger partial charge in [0, 0.05) is 22.6 Å². The third-order valence-electron chi connectivity index (χ3n) is 3.09. The van der Waals surface area contributed by atoms with Gasteiger partial charge in [0.2, 0.25) is 5.91 Å². The fraction of sp³-hybridized carbons (Fsp3) is 0.133. The van der Waals surface area contributed by atoms with E-state index in [4.69, 9.17) is 21.9 Å². The molecular formula is C15H18N4O2. The molecule has 0 saturated heterocycles. The third kappa shape index (κ3) is 3.43. The molecule has 1 amide bonds. The number of nitrogen functional groups attached to an aromatic ring is 2. The van der Waals surface area contributed by atoms with Gasteiger partial charge in [0.15, 0.2) is 0 Å². The summed E-state index contributed by atoms with van der Waals surface area (Å²) < 4.78 is 5.05. The van der Waals surface area contributed by atoms with Crippen LogP contribution in [-0.4, -0.2) is 13.0 Å². The first-order valence-corrected chi connectivity index (χ1v) is 6.36. The number of methoxy groups -OCH3 is 1. The van der Waals surface area contributed by atoms with Gasteiger partial charge < -0.3 is 27.3 Å². The van der Waals surface area contributed by atoms with Crippen molar-refractivity contribution in [2.45, 2.75) is 6.04 Å². The number of amides is 1. The highest BCUT2D eigenvalue weighted by Gasteiger charge is 2.18. The Morgan fingerprint density at radius 2 is 1.81 bits per heavy atom. The number of hydrogen-bond acceptors (Lipinski definition) is 5. The van der Waals surface area contributed by atoms with Crippen LogP contribution >= 0.6 is 0 Å². The minimum absolute atomic E-state index is 0.350. The Morgan fingerprint density at radius 3 is 2.38 bits per heavy atom. The van der Waals surface area contributed by atoms with Gasteiger partial charge in [0.25, 0.3) is 0 Å². The average molecular weight is 286 g/mol. The van der Waals surface area contributed by atoms with Crippen molar-refractivity contribution >= 4 is 23.0 Å². The van der Waals surface area contributed by atoms with Crippen LogP contribution in [0.5, 0.6) is 5.75 Å². The van der Waals surface area contributed by atoms with Gasteiger partial charge in [-0.25, -0.2) is 0 Å². The van der Waals surface area contributed by atoms with E-state index in [9.17, 15) is 4.79 Å². The summed E-state index contributed by atoms with van der Waals surface area (Å²) in [4.78, 5) is 12.2. The van der Waals surface area contributed by atoms with Crippen molar-refractivity contribution in [3.8, 4) is 5.75 Å². The van der Waals surface area contributed by atoms with Crippen molar-refractivity contribution in [3.05, 3.63) is 48.0 Å². The van der Waals surface area contributed by atoms with Gasteiger partial charge in [-0.1, -0.05) is 6.07 Å². The molecule has 0 radical (unpaired) electrons. The minimum atomic E-state index is -0.868. The maximum Gasteiger partial charge on any atom is 0.245 e. The first-order chi connectivity index (χ1) is 10.0. The first kappa shape index (κ1) is 14.7. The highest BCUT2D eigenvalue weighted by atomic mass is 16.5. The quantitative estimate of drug-likeness (QED) is 0.635. The van der Waals surface area contributed by atoms with E-state index in [0.717, 1.165) is 0 Å². The largest absolute Gasteiger partial charge is 0.497 e. The molecule has 0 saturated carbocycles. The SMILES string of the molecule is COc1ccc(NC(=O)C(N)c2ccc(N)cc2N)cc1. The predicted octanol–water partition coefficient (Wildman–Crippen LogP) is 1.50. The maximum atomic E-state index is 12.2. The summed E-state index contributed by atoms with van der Waals surface area (Å²) in [7, 11) is 1.58. The summed E-state index contributed by atoms with van der Waals surface area (Å²) in [6.45, 7) is 0. The lowest BCUT2D eigenvalue weighted by atomic mass is 10.0. The van der Waals surface area contributed by atoms with E-state index in [1.54, 1.807) is 49.6 Å². The van der Waals surface area contributed by atoms with Crippen LogP contribution in [-0.2, 0) is 4.79 Å². The number of rotatable bonds is 4. The number of carbonyl (C=O) groups excluding carboxylic acids is 1. The van der Waals surface area contributed by atoms with Crippen molar-refractivity contribution in [1.82, 2.24) is 0 Å². The molecule has 6 heteroatoms. The molecule has 0 spiro atoms. The molecule has 6 nitrogen and oxygen atoms in total. The molecule has 1 atom stereocenters. The summed E-state index contributed by atoms with van der Waals surface area (Å²) in [6, 6.07) is 11.0. The Morgan fingerprint density at radius 1 is 1.14 bits per heavy atom. The van der Waals surface area contributed by atoms with Crippen LogP contribution in [0.3, 0.4) is 0 Å².